The minimum atomic E-state index is -0.921. The number of amides is 2. The maximum Gasteiger partial charge on any atom is 0.411 e. The zero-order chi connectivity index (χ0) is 32.4. The van der Waals surface area contributed by atoms with Crippen molar-refractivity contribution in [2.45, 2.75) is 103 Å². The lowest BCUT2D eigenvalue weighted by atomic mass is 9.81. The Morgan fingerprint density at radius 3 is 1.53 bits per heavy atom. The first-order valence-electron chi connectivity index (χ1n) is 16.2. The normalized spacial score (nSPS) is 29.5. The Balaban J connectivity index is 0.000000317. The molecule has 6 atom stereocenters. The number of ether oxygens (including phenoxy) is 4. The third-order valence-electron chi connectivity index (χ3n) is 7.80. The molecule has 13 heteroatoms. The summed E-state index contributed by atoms with van der Waals surface area (Å²) in [4.78, 5) is 37.7. The molecule has 2 aliphatic carbocycles. The van der Waals surface area contributed by atoms with E-state index >= 15 is 0 Å². The first kappa shape index (κ1) is 37.2. The Bertz CT molecular complexity index is 870. The second-order valence-electron chi connectivity index (χ2n) is 13.8. The van der Waals surface area contributed by atoms with Crippen LogP contribution in [0.2, 0.25) is 0 Å². The molecule has 0 unspecified atom stereocenters. The highest BCUT2D eigenvalue weighted by atomic mass is 16.6. The average Bonchev–Trinajstić information content (AvgIpc) is 3.49. The molecule has 2 N–H and O–H groups in total. The number of carbonyl (C=O) groups excluding carboxylic acids is 2. The monoisotopic (exact) mass is 612 g/mol. The number of nitrogens with zero attached hydrogens (tertiary/aromatic N) is 2. The van der Waals surface area contributed by atoms with E-state index in [9.17, 15) is 19.5 Å². The van der Waals surface area contributed by atoms with Crippen LogP contribution in [-0.2, 0) is 23.7 Å². The highest BCUT2D eigenvalue weighted by Crippen LogP contribution is 2.50. The lowest BCUT2D eigenvalue weighted by Crippen LogP contribution is -2.45. The van der Waals surface area contributed by atoms with Crippen molar-refractivity contribution in [3.05, 3.63) is 0 Å². The standard InChI is InChI=1S/C11H17NO4.C11H19NO3.2C4H8O.B2H4.H2/c1-11(2,3)16-10(15)12-5-6-4-7(6)8(12)9(13)14;1-11(2,3)15-10(14)12-5-7-4-8(7)9(12)6-13;2*1-2-4-5-3-1;1-2;/h6-8H,4-5H2,1-3H3,(H,13,14);7-9,13H,4-6H2,1-3H3;2*1-4H2;1-2H2;1H/t6-,7-,8-;7-,8-,9+;;;;/m11..../s1. The van der Waals surface area contributed by atoms with Gasteiger partial charge in [-0.1, -0.05) is 0 Å². The molecule has 0 bridgehead atoms. The van der Waals surface area contributed by atoms with Crippen LogP contribution in [0.4, 0.5) is 9.59 Å². The van der Waals surface area contributed by atoms with E-state index in [0.29, 0.717) is 24.3 Å². The van der Waals surface area contributed by atoms with Gasteiger partial charge in [0.1, 0.15) is 17.2 Å². The number of aliphatic hydroxyl groups is 1. The maximum atomic E-state index is 11.8. The lowest BCUT2D eigenvalue weighted by molar-refractivity contribution is -0.142. The zero-order valence-electron chi connectivity index (χ0n) is 27.8. The molecule has 0 aromatic rings. The Hall–Kier alpha value is -1.98. The minimum absolute atomic E-state index is 0. The summed E-state index contributed by atoms with van der Waals surface area (Å²) in [5, 5.41) is 18.3. The lowest BCUT2D eigenvalue weighted by Gasteiger charge is -2.29. The maximum absolute atomic E-state index is 11.8. The van der Waals surface area contributed by atoms with Crippen LogP contribution in [0.5, 0.6) is 0 Å². The van der Waals surface area contributed by atoms with Gasteiger partial charge in [0.25, 0.3) is 0 Å². The molecule has 6 fully saturated rings. The number of carbonyl (C=O) groups is 3. The molecule has 2 saturated carbocycles. The number of aliphatic hydroxyl groups excluding tert-OH is 1. The summed E-state index contributed by atoms with van der Waals surface area (Å²) in [6.45, 7) is 16.2. The van der Waals surface area contributed by atoms with E-state index in [1.807, 2.05) is 36.2 Å². The summed E-state index contributed by atoms with van der Waals surface area (Å²) in [6, 6.07) is -0.690. The number of likely N-dealkylation sites (tertiary alicyclic amines) is 2. The van der Waals surface area contributed by atoms with E-state index in [2.05, 4.69) is 0 Å². The Labute approximate surface area is 261 Å². The number of hydrogen-bond donors (Lipinski definition) is 2. The highest BCUT2D eigenvalue weighted by Gasteiger charge is 2.58. The molecule has 6 aliphatic rings. The number of hydrogen-bond acceptors (Lipinski definition) is 8. The van der Waals surface area contributed by atoms with Crippen molar-refractivity contribution < 1.29 is 45.0 Å². The molecule has 4 saturated heterocycles. The summed E-state index contributed by atoms with van der Waals surface area (Å²) in [5.74, 6) is 0.715. The third-order valence-corrected chi connectivity index (χ3v) is 7.80. The molecule has 2 amide bonds. The number of piperidine rings is 2. The minimum Gasteiger partial charge on any atom is -0.480 e. The fraction of sp³-hybridized carbons (Fsp3) is 0.900. The molecule has 0 spiro atoms. The van der Waals surface area contributed by atoms with Crippen LogP contribution in [0.1, 0.15) is 81.5 Å². The number of carboxylic acids is 1. The number of fused-ring (bicyclic) bond motifs is 2. The predicted molar refractivity (Wildman–Crippen MR) is 171 cm³/mol. The second kappa shape index (κ2) is 16.9. The van der Waals surface area contributed by atoms with Gasteiger partial charge >= 0.3 is 18.2 Å². The van der Waals surface area contributed by atoms with Crippen molar-refractivity contribution in [1.29, 1.82) is 0 Å². The highest BCUT2D eigenvalue weighted by molar-refractivity contribution is 6.75. The van der Waals surface area contributed by atoms with Gasteiger partial charge < -0.3 is 34.1 Å². The van der Waals surface area contributed by atoms with E-state index < -0.39 is 29.3 Å². The molecule has 43 heavy (non-hydrogen) atoms. The molecular formula is C30H58B2N2O9. The Morgan fingerprint density at radius 1 is 0.767 bits per heavy atom. The van der Waals surface area contributed by atoms with Gasteiger partial charge in [-0.2, -0.15) is 0 Å². The van der Waals surface area contributed by atoms with Crippen LogP contribution >= 0.6 is 0 Å². The van der Waals surface area contributed by atoms with Crippen molar-refractivity contribution in [2.24, 2.45) is 23.7 Å². The van der Waals surface area contributed by atoms with Gasteiger partial charge in [0.05, 0.1) is 28.1 Å². The Morgan fingerprint density at radius 2 is 1.16 bits per heavy atom. The van der Waals surface area contributed by atoms with Crippen molar-refractivity contribution in [3.8, 4) is 0 Å². The van der Waals surface area contributed by atoms with Crippen LogP contribution in [0.3, 0.4) is 0 Å². The van der Waals surface area contributed by atoms with Crippen molar-refractivity contribution >= 4 is 33.6 Å². The summed E-state index contributed by atoms with van der Waals surface area (Å²) in [5.41, 5.74) is -1.03. The number of carboxylic acid groups (broad SMARTS) is 1. The van der Waals surface area contributed by atoms with Crippen LogP contribution in [-0.4, -0.2) is 123 Å². The fourth-order valence-corrected chi connectivity index (χ4v) is 5.65. The molecule has 6 rings (SSSR count). The van der Waals surface area contributed by atoms with E-state index in [-0.39, 0.29) is 26.1 Å². The van der Waals surface area contributed by atoms with Gasteiger partial charge in [0.2, 0.25) is 0 Å². The van der Waals surface area contributed by atoms with Crippen molar-refractivity contribution in [3.63, 3.8) is 0 Å². The summed E-state index contributed by atoms with van der Waals surface area (Å²) in [7, 11) is 4.00. The van der Waals surface area contributed by atoms with E-state index in [0.717, 1.165) is 45.8 Å². The SMILES string of the molecule is BB.C1CCOC1.C1CCOC1.CC(C)(C)OC(=O)N1C[C@H]2C[C@H]2[C@@H]1C(=O)O.CC(C)(C)OC(=O)N1C[C@H]2C[C@H]2[C@@H]1CO.[HH]. The number of aliphatic carboxylic acids is 1. The average molecular weight is 612 g/mol. The van der Waals surface area contributed by atoms with Gasteiger partial charge in [-0.3, -0.25) is 4.90 Å². The summed E-state index contributed by atoms with van der Waals surface area (Å²) < 4.78 is 20.4. The van der Waals surface area contributed by atoms with Crippen LogP contribution in [0.15, 0.2) is 0 Å². The topological polar surface area (TPSA) is 135 Å². The summed E-state index contributed by atoms with van der Waals surface area (Å²) in [6.07, 6.45) is 6.40. The second-order valence-corrected chi connectivity index (χ2v) is 13.8. The van der Waals surface area contributed by atoms with Crippen molar-refractivity contribution in [2.75, 3.05) is 46.1 Å². The largest absolute Gasteiger partial charge is 0.480 e. The zero-order valence-corrected chi connectivity index (χ0v) is 27.8. The molecule has 0 aromatic heterocycles. The van der Waals surface area contributed by atoms with Gasteiger partial charge in [-0.15, -0.1) is 0 Å². The fourth-order valence-electron chi connectivity index (χ4n) is 5.65. The van der Waals surface area contributed by atoms with Crippen molar-refractivity contribution in [1.82, 2.24) is 9.80 Å². The van der Waals surface area contributed by atoms with Gasteiger partial charge in [-0.25, -0.2) is 14.4 Å². The predicted octanol–water partition coefficient (Wildman–Crippen LogP) is 2.57. The molecule has 4 aliphatic heterocycles. The van der Waals surface area contributed by atoms with Crippen LogP contribution in [0.25, 0.3) is 0 Å². The molecule has 0 radical (unpaired) electrons. The van der Waals surface area contributed by atoms with Crippen LogP contribution in [0, 0.1) is 23.7 Å². The molecule has 11 nitrogen and oxygen atoms in total. The van der Waals surface area contributed by atoms with Gasteiger partial charge in [0, 0.05) is 40.9 Å². The quantitative estimate of drug-likeness (QED) is 0.452. The summed E-state index contributed by atoms with van der Waals surface area (Å²) >= 11 is 0. The van der Waals surface area contributed by atoms with Gasteiger partial charge in [0.15, 0.2) is 0 Å². The first-order chi connectivity index (χ1) is 20.2. The molecule has 4 heterocycles. The third kappa shape index (κ3) is 12.5. The smallest absolute Gasteiger partial charge is 0.411 e. The number of rotatable bonds is 2. The Kier molecular flexibility index (Phi) is 14.6. The van der Waals surface area contributed by atoms with Gasteiger partial charge in [-0.05, 0) is 104 Å². The van der Waals surface area contributed by atoms with E-state index in [1.165, 1.54) is 30.6 Å². The first-order valence-corrected chi connectivity index (χ1v) is 16.2. The molecular weight excluding hydrogens is 554 g/mol. The molecule has 0 aromatic carbocycles. The van der Waals surface area contributed by atoms with E-state index in [4.69, 9.17) is 24.1 Å². The molecule has 248 valence electrons. The van der Waals surface area contributed by atoms with E-state index in [1.54, 1.807) is 25.7 Å². The van der Waals surface area contributed by atoms with Crippen LogP contribution < -0.4 is 0 Å².